The number of methoxy groups -OCH3 is 1. The van der Waals surface area contributed by atoms with Crippen molar-refractivity contribution in [2.24, 2.45) is 16.7 Å². The van der Waals surface area contributed by atoms with Gasteiger partial charge in [-0.1, -0.05) is 27.7 Å². The Labute approximate surface area is 491 Å². The summed E-state index contributed by atoms with van der Waals surface area (Å²) < 4.78 is 65.6. The molecule has 4 amide bonds. The molecule has 23 heteroatoms. The summed E-state index contributed by atoms with van der Waals surface area (Å²) >= 11 is 0. The van der Waals surface area contributed by atoms with Crippen LogP contribution < -0.4 is 20.5 Å². The fourth-order valence-corrected chi connectivity index (χ4v) is 14.2. The number of morpholine rings is 1. The minimum absolute atomic E-state index is 0.0401. The van der Waals surface area contributed by atoms with Gasteiger partial charge < -0.3 is 43.7 Å². The van der Waals surface area contributed by atoms with Crippen molar-refractivity contribution in [3.8, 4) is 11.3 Å². The van der Waals surface area contributed by atoms with Gasteiger partial charge in [-0.05, 0) is 94.2 Å². The number of hydrogen-bond acceptors (Lipinski definition) is 15. The zero-order chi connectivity index (χ0) is 59.6. The Kier molecular flexibility index (Phi) is 17.1. The van der Waals surface area contributed by atoms with E-state index >= 15 is 18.0 Å². The average Bonchev–Trinajstić information content (AvgIpc) is 2.75. The lowest BCUT2D eigenvalue weighted by atomic mass is 9.84. The van der Waals surface area contributed by atoms with Crippen LogP contribution >= 0.6 is 0 Å². The molecule has 1 spiro atoms. The van der Waals surface area contributed by atoms with E-state index in [0.717, 1.165) is 50.4 Å². The van der Waals surface area contributed by atoms with Gasteiger partial charge in [0.15, 0.2) is 0 Å². The first-order chi connectivity index (χ1) is 40.0. The number of aromatic nitrogens is 2. The second-order valence-corrected chi connectivity index (χ2v) is 26.6. The van der Waals surface area contributed by atoms with E-state index < -0.39 is 60.3 Å². The van der Waals surface area contributed by atoms with Crippen LogP contribution in [0.2, 0.25) is 0 Å². The number of carbonyl (C=O) groups is 5. The maximum absolute atomic E-state index is 15.2. The number of rotatable bonds is 13. The summed E-state index contributed by atoms with van der Waals surface area (Å²) in [6.45, 7) is 16.3. The molecule has 1 aliphatic carbocycles. The first-order valence-electron chi connectivity index (χ1n) is 30.6. The van der Waals surface area contributed by atoms with E-state index in [9.17, 15) is 19.2 Å². The Hall–Kier alpha value is -5.59. The highest BCUT2D eigenvalue weighted by molar-refractivity contribution is 5.95. The number of pyridine rings is 1. The number of likely N-dealkylation sites (tertiary alicyclic amines) is 2. The zero-order valence-electron chi connectivity index (χ0n) is 50.3. The van der Waals surface area contributed by atoms with Crippen molar-refractivity contribution in [2.75, 3.05) is 129 Å². The van der Waals surface area contributed by atoms with E-state index in [1.165, 1.54) is 27.3 Å². The van der Waals surface area contributed by atoms with Crippen LogP contribution in [0.5, 0.6) is 0 Å². The molecule has 1 saturated carbocycles. The molecule has 84 heavy (non-hydrogen) atoms. The first-order valence-corrected chi connectivity index (χ1v) is 30.6. The van der Waals surface area contributed by atoms with Crippen molar-refractivity contribution in [1.29, 1.82) is 0 Å². The lowest BCUT2D eigenvalue weighted by Crippen LogP contribution is -2.62. The minimum atomic E-state index is -4.60. The van der Waals surface area contributed by atoms with Gasteiger partial charge >= 0.3 is 12.1 Å². The third-order valence-corrected chi connectivity index (χ3v) is 19.1. The smallest absolute Gasteiger partial charge is 0.406 e. The molecular weight excluding hydrogens is 1090 g/mol. The first kappa shape index (κ1) is 60.1. The molecule has 2 aromatic heterocycles. The zero-order valence-corrected chi connectivity index (χ0v) is 50.3. The fourth-order valence-electron chi connectivity index (χ4n) is 14.2. The van der Waals surface area contributed by atoms with Gasteiger partial charge in [-0.25, -0.2) is 5.43 Å². The van der Waals surface area contributed by atoms with Gasteiger partial charge in [-0.15, -0.1) is 0 Å². The Morgan fingerprint density at radius 2 is 1.69 bits per heavy atom. The van der Waals surface area contributed by atoms with Crippen molar-refractivity contribution < 1.29 is 51.4 Å². The second kappa shape index (κ2) is 23.9. The van der Waals surface area contributed by atoms with Crippen LogP contribution in [0.15, 0.2) is 30.5 Å². The summed E-state index contributed by atoms with van der Waals surface area (Å²) in [5.74, 6) is -1.40. The predicted molar refractivity (Wildman–Crippen MR) is 311 cm³/mol. The number of ether oxygens (including phenoxy) is 3. The van der Waals surface area contributed by atoms with Crippen molar-refractivity contribution in [1.82, 2.24) is 49.8 Å². The molecule has 7 fully saturated rings. The summed E-state index contributed by atoms with van der Waals surface area (Å²) in [5.41, 5.74) is 6.27. The van der Waals surface area contributed by atoms with E-state index in [2.05, 4.69) is 30.3 Å². The summed E-state index contributed by atoms with van der Waals surface area (Å²) in [5, 5.41) is 5.27. The van der Waals surface area contributed by atoms with Crippen LogP contribution in [-0.4, -0.2) is 231 Å². The number of cyclic esters (lactones) is 1. The number of nitrogens with zero attached hydrogens (tertiary/aromatic N) is 10. The average molecular weight is 1170 g/mol. The number of piperazine rings is 1. The number of hydrogen-bond donors (Lipinski definition) is 2. The summed E-state index contributed by atoms with van der Waals surface area (Å²) in [6.07, 6.45) is 1.32. The van der Waals surface area contributed by atoms with E-state index in [1.54, 1.807) is 27.3 Å². The number of halogens is 3. The molecule has 8 atom stereocenters. The third kappa shape index (κ3) is 12.9. The molecule has 7 aliphatic heterocycles. The molecule has 2 N–H and O–H groups in total. The lowest BCUT2D eigenvalue weighted by Gasteiger charge is -2.39. The van der Waals surface area contributed by atoms with Crippen molar-refractivity contribution in [3.05, 3.63) is 41.7 Å². The lowest BCUT2D eigenvalue weighted by molar-refractivity contribution is -0.156. The third-order valence-electron chi connectivity index (χ3n) is 19.1. The number of esters is 1. The van der Waals surface area contributed by atoms with Gasteiger partial charge in [0.2, 0.25) is 17.7 Å². The van der Waals surface area contributed by atoms with Gasteiger partial charge in [-0.2, -0.15) is 13.2 Å². The number of alkyl halides is 3. The summed E-state index contributed by atoms with van der Waals surface area (Å²) in [6, 6.07) is 5.37. The maximum Gasteiger partial charge on any atom is 0.406 e. The Morgan fingerprint density at radius 1 is 0.929 bits per heavy atom. The Balaban J connectivity index is 0.899. The highest BCUT2D eigenvalue weighted by Crippen LogP contribution is 2.46. The normalized spacial score (nSPS) is 28.0. The van der Waals surface area contributed by atoms with Gasteiger partial charge in [0.25, 0.3) is 5.91 Å². The quantitative estimate of drug-likeness (QED) is 0.178. The summed E-state index contributed by atoms with van der Waals surface area (Å²) in [4.78, 5) is 89.8. The Morgan fingerprint density at radius 3 is 2.40 bits per heavy atom. The van der Waals surface area contributed by atoms with Crippen LogP contribution in [0.3, 0.4) is 0 Å². The molecule has 9 heterocycles. The van der Waals surface area contributed by atoms with E-state index in [0.29, 0.717) is 98.1 Å². The number of nitrogens with one attached hydrogen (secondary N) is 2. The van der Waals surface area contributed by atoms with Crippen LogP contribution in [0.25, 0.3) is 22.2 Å². The number of likely N-dealkylation sites (N-methyl/N-ethyl adjacent to an activating group) is 1. The molecule has 6 bridgehead atoms. The van der Waals surface area contributed by atoms with E-state index in [-0.39, 0.29) is 74.2 Å². The molecule has 1 aromatic carbocycles. The number of anilines is 2. The highest BCUT2D eigenvalue weighted by Gasteiger charge is 2.52. The standard InChI is InChI=1S/C61H87F3N12O8/c1-38(2)53(72-18-15-60(34-72)16-19-73(35-60)57(80)50-32-74(50)33-51(77)68(6)7)55(78)66-48-28-43-31-71(24-25-83-43)41-13-14-49-44(26-41)46(29-59(4,5)37-84-58(81)47-10-9-17-76(67-47)56(48)79)54(75(49)36-61(62,63)64)45-27-42(30-65-52(45)39(3)82-8)70-22-20-69(21-23-70)40-11-12-40/h13-14,26-27,30,38-40,43,47-48,50,53,67H,9-12,15-25,28-29,31-37H2,1-8H3,(H,66,78)/t39-,43-,47-,48-,50+,53-,60-,74?/m0/s1. The largest absolute Gasteiger partial charge is 0.464 e. The number of amides is 4. The van der Waals surface area contributed by atoms with Gasteiger partial charge in [0.1, 0.15) is 24.7 Å². The van der Waals surface area contributed by atoms with Crippen molar-refractivity contribution in [2.45, 2.75) is 141 Å². The van der Waals surface area contributed by atoms with E-state index in [4.69, 9.17) is 19.2 Å². The van der Waals surface area contributed by atoms with Crippen LogP contribution in [0, 0.1) is 16.7 Å². The number of benzene rings is 1. The van der Waals surface area contributed by atoms with Gasteiger partial charge in [0, 0.05) is 139 Å². The fraction of sp³-hybridized carbons (Fsp3) is 0.705. The van der Waals surface area contributed by atoms with Crippen molar-refractivity contribution in [3.63, 3.8) is 0 Å². The van der Waals surface area contributed by atoms with Gasteiger partial charge in [-0.3, -0.25) is 48.7 Å². The molecule has 11 rings (SSSR count). The molecular formula is C61H87F3N12O8. The SMILES string of the molecule is CO[C@@H](C)c1ncc(N2CCN(C3CC3)CC2)cc1-c1c2c3cc(ccc3n1CC(F)(F)F)N1CCO[C@@H](C[C@H](NC(=O)[C@H](C(C)C)N3CC[C@]4(CCN(C(=O)[C@H]5CN5CC(=O)N(C)C)C4)C3)C(=O)N3CCC[C@H](N3)C(=O)OCC(C)(C)C2)C1. The predicted octanol–water partition coefficient (Wildman–Crippen LogP) is 4.68. The molecule has 8 aliphatic rings. The maximum atomic E-state index is 15.2. The number of hydrazine groups is 1. The van der Waals surface area contributed by atoms with Crippen LogP contribution in [0.4, 0.5) is 24.5 Å². The van der Waals surface area contributed by atoms with Gasteiger partial charge in [0.05, 0.1) is 61.3 Å². The van der Waals surface area contributed by atoms with E-state index in [1.807, 2.05) is 68.8 Å². The Bertz CT molecular complexity index is 2960. The highest BCUT2D eigenvalue weighted by atomic mass is 19.4. The molecule has 1 unspecified atom stereocenters. The van der Waals surface area contributed by atoms with Crippen LogP contribution in [0.1, 0.15) is 96.9 Å². The summed E-state index contributed by atoms with van der Waals surface area (Å²) in [7, 11) is 4.99. The molecule has 460 valence electrons. The topological polar surface area (TPSA) is 181 Å². The molecule has 20 nitrogen and oxygen atoms in total. The molecule has 6 saturated heterocycles. The van der Waals surface area contributed by atoms with Crippen LogP contribution in [-0.2, 0) is 51.1 Å². The number of fused-ring (bicyclic) bond motifs is 6. The minimum Gasteiger partial charge on any atom is -0.464 e. The van der Waals surface area contributed by atoms with Crippen molar-refractivity contribution >= 4 is 51.9 Å². The monoisotopic (exact) mass is 1170 g/mol. The molecule has 0 radical (unpaired) electrons. The second-order valence-electron chi connectivity index (χ2n) is 26.6. The molecule has 3 aromatic rings. The number of carbonyl (C=O) groups excluding carboxylic acids is 5.